The average molecular weight is 419 g/mol. The zero-order valence-corrected chi connectivity index (χ0v) is 17.0. The van der Waals surface area contributed by atoms with E-state index in [1.807, 2.05) is 13.0 Å². The summed E-state index contributed by atoms with van der Waals surface area (Å²) in [7, 11) is 0. The lowest BCUT2D eigenvalue weighted by Gasteiger charge is -2.14. The van der Waals surface area contributed by atoms with Crippen LogP contribution in [0.15, 0.2) is 48.5 Å². The van der Waals surface area contributed by atoms with Gasteiger partial charge in [0.1, 0.15) is 12.3 Å². The van der Waals surface area contributed by atoms with E-state index in [4.69, 9.17) is 21.1 Å². The van der Waals surface area contributed by atoms with Crippen LogP contribution in [-0.4, -0.2) is 37.0 Å². The van der Waals surface area contributed by atoms with E-state index >= 15 is 0 Å². The van der Waals surface area contributed by atoms with Gasteiger partial charge in [0.2, 0.25) is 0 Å². The Bertz CT molecular complexity index is 854. The molecule has 0 spiro atoms. The molecule has 0 radical (unpaired) electrons. The summed E-state index contributed by atoms with van der Waals surface area (Å²) in [5.41, 5.74) is 1.13. The standard InChI is InChI=1S/C21H23ClN2O5/c1-3-28-17-10-8-15(9-11-17)21(27)24-13-19(25)29-14(2)20(26)23-12-16-6-4-5-7-18(16)22/h4-11,14H,3,12-13H2,1-2H3,(H,23,26)(H,24,27)/t14-/m1/s1. The Balaban J connectivity index is 1.75. The Morgan fingerprint density at radius 3 is 2.38 bits per heavy atom. The van der Waals surface area contributed by atoms with Gasteiger partial charge in [0.25, 0.3) is 11.8 Å². The van der Waals surface area contributed by atoms with Crippen LogP contribution in [0.4, 0.5) is 0 Å². The molecule has 2 aromatic carbocycles. The van der Waals surface area contributed by atoms with Gasteiger partial charge < -0.3 is 20.1 Å². The summed E-state index contributed by atoms with van der Waals surface area (Å²) in [4.78, 5) is 36.1. The van der Waals surface area contributed by atoms with Crippen LogP contribution < -0.4 is 15.4 Å². The van der Waals surface area contributed by atoms with Gasteiger partial charge in [0, 0.05) is 17.1 Å². The molecular formula is C21H23ClN2O5. The molecule has 0 aliphatic heterocycles. The third-order valence-electron chi connectivity index (χ3n) is 3.91. The molecule has 8 heteroatoms. The molecule has 154 valence electrons. The average Bonchev–Trinajstić information content (AvgIpc) is 2.72. The molecule has 0 fully saturated rings. The van der Waals surface area contributed by atoms with Gasteiger partial charge in [0.05, 0.1) is 6.61 Å². The first-order valence-corrected chi connectivity index (χ1v) is 9.50. The fourth-order valence-electron chi connectivity index (χ4n) is 2.38. The molecule has 0 unspecified atom stereocenters. The molecule has 0 bridgehead atoms. The van der Waals surface area contributed by atoms with Crippen molar-refractivity contribution in [2.75, 3.05) is 13.2 Å². The normalized spacial score (nSPS) is 11.3. The van der Waals surface area contributed by atoms with Crippen LogP contribution in [0.5, 0.6) is 5.75 Å². The second-order valence-electron chi connectivity index (χ2n) is 6.08. The van der Waals surface area contributed by atoms with Crippen LogP contribution in [0.2, 0.25) is 5.02 Å². The fraction of sp³-hybridized carbons (Fsp3) is 0.286. The maximum absolute atomic E-state index is 12.1. The smallest absolute Gasteiger partial charge is 0.326 e. The van der Waals surface area contributed by atoms with E-state index in [-0.39, 0.29) is 13.1 Å². The highest BCUT2D eigenvalue weighted by molar-refractivity contribution is 6.31. The molecule has 2 N–H and O–H groups in total. The minimum Gasteiger partial charge on any atom is -0.494 e. The molecule has 0 heterocycles. The number of esters is 1. The van der Waals surface area contributed by atoms with Crippen LogP contribution >= 0.6 is 11.6 Å². The van der Waals surface area contributed by atoms with Crippen molar-refractivity contribution in [1.29, 1.82) is 0 Å². The molecule has 29 heavy (non-hydrogen) atoms. The van der Waals surface area contributed by atoms with E-state index in [0.29, 0.717) is 22.9 Å². The van der Waals surface area contributed by atoms with E-state index in [2.05, 4.69) is 10.6 Å². The predicted octanol–water partition coefficient (Wildman–Crippen LogP) is 2.72. The van der Waals surface area contributed by atoms with Crippen molar-refractivity contribution >= 4 is 29.4 Å². The summed E-state index contributed by atoms with van der Waals surface area (Å²) in [5.74, 6) is -0.957. The quantitative estimate of drug-likeness (QED) is 0.611. The van der Waals surface area contributed by atoms with Crippen LogP contribution in [-0.2, 0) is 20.9 Å². The number of rotatable bonds is 9. The number of hydrogen-bond donors (Lipinski definition) is 2. The number of carbonyl (C=O) groups is 3. The van der Waals surface area contributed by atoms with Crippen molar-refractivity contribution in [2.45, 2.75) is 26.5 Å². The predicted molar refractivity (Wildman–Crippen MR) is 109 cm³/mol. The molecule has 2 rings (SSSR count). The summed E-state index contributed by atoms with van der Waals surface area (Å²) < 4.78 is 10.4. The number of carbonyl (C=O) groups excluding carboxylic acids is 3. The number of ether oxygens (including phenoxy) is 2. The first-order valence-electron chi connectivity index (χ1n) is 9.12. The number of hydrogen-bond acceptors (Lipinski definition) is 5. The summed E-state index contributed by atoms with van der Waals surface area (Å²) in [5, 5.41) is 5.64. The lowest BCUT2D eigenvalue weighted by atomic mass is 10.2. The molecular weight excluding hydrogens is 396 g/mol. The first-order chi connectivity index (χ1) is 13.9. The maximum Gasteiger partial charge on any atom is 0.326 e. The van der Waals surface area contributed by atoms with Crippen molar-refractivity contribution < 1.29 is 23.9 Å². The van der Waals surface area contributed by atoms with Gasteiger partial charge in [0.15, 0.2) is 6.10 Å². The lowest BCUT2D eigenvalue weighted by Crippen LogP contribution is -2.38. The van der Waals surface area contributed by atoms with Gasteiger partial charge in [-0.05, 0) is 49.7 Å². The second-order valence-corrected chi connectivity index (χ2v) is 6.49. The van der Waals surface area contributed by atoms with Crippen molar-refractivity contribution in [3.05, 3.63) is 64.7 Å². The second kappa shape index (κ2) is 11.1. The SMILES string of the molecule is CCOc1ccc(C(=O)NCC(=O)O[C@H](C)C(=O)NCc2ccccc2Cl)cc1. The van der Waals surface area contributed by atoms with Gasteiger partial charge in [-0.2, -0.15) is 0 Å². The Kier molecular flexibility index (Phi) is 8.48. The Labute approximate surface area is 174 Å². The highest BCUT2D eigenvalue weighted by atomic mass is 35.5. The monoisotopic (exact) mass is 418 g/mol. The van der Waals surface area contributed by atoms with Crippen molar-refractivity contribution in [1.82, 2.24) is 10.6 Å². The van der Waals surface area contributed by atoms with E-state index in [1.54, 1.807) is 42.5 Å². The highest BCUT2D eigenvalue weighted by Gasteiger charge is 2.18. The Morgan fingerprint density at radius 1 is 1.03 bits per heavy atom. The molecule has 2 amide bonds. The third-order valence-corrected chi connectivity index (χ3v) is 4.28. The molecule has 0 aromatic heterocycles. The van der Waals surface area contributed by atoms with Crippen molar-refractivity contribution in [2.24, 2.45) is 0 Å². The largest absolute Gasteiger partial charge is 0.494 e. The van der Waals surface area contributed by atoms with Crippen LogP contribution in [0.25, 0.3) is 0 Å². The molecule has 0 saturated carbocycles. The number of halogens is 1. The van der Waals surface area contributed by atoms with Gasteiger partial charge in [-0.25, -0.2) is 0 Å². The van der Waals surface area contributed by atoms with Gasteiger partial charge in [-0.3, -0.25) is 14.4 Å². The van der Waals surface area contributed by atoms with Crippen LogP contribution in [0.1, 0.15) is 29.8 Å². The fourth-order valence-corrected chi connectivity index (χ4v) is 2.59. The minimum atomic E-state index is -1.01. The van der Waals surface area contributed by atoms with Crippen molar-refractivity contribution in [3.8, 4) is 5.75 Å². The van der Waals surface area contributed by atoms with Gasteiger partial charge in [-0.1, -0.05) is 29.8 Å². The Hall–Kier alpha value is -3.06. The topological polar surface area (TPSA) is 93.7 Å². The van der Waals surface area contributed by atoms with Gasteiger partial charge in [-0.15, -0.1) is 0 Å². The third kappa shape index (κ3) is 7.12. The number of benzene rings is 2. The van der Waals surface area contributed by atoms with E-state index in [9.17, 15) is 14.4 Å². The zero-order valence-electron chi connectivity index (χ0n) is 16.2. The summed E-state index contributed by atoms with van der Waals surface area (Å²) in [6.07, 6.45) is -1.01. The molecule has 0 aliphatic carbocycles. The van der Waals surface area contributed by atoms with Crippen molar-refractivity contribution in [3.63, 3.8) is 0 Å². The number of nitrogens with one attached hydrogen (secondary N) is 2. The van der Waals surface area contributed by atoms with E-state index in [0.717, 1.165) is 5.56 Å². The first kappa shape index (κ1) is 22.2. The molecule has 1 atom stereocenters. The van der Waals surface area contributed by atoms with E-state index in [1.165, 1.54) is 6.92 Å². The molecule has 7 nitrogen and oxygen atoms in total. The Morgan fingerprint density at radius 2 is 1.72 bits per heavy atom. The van der Waals surface area contributed by atoms with E-state index < -0.39 is 23.9 Å². The molecule has 0 aliphatic rings. The minimum absolute atomic E-state index is 0.217. The highest BCUT2D eigenvalue weighted by Crippen LogP contribution is 2.14. The summed E-state index contributed by atoms with van der Waals surface area (Å²) >= 11 is 6.03. The number of amides is 2. The zero-order chi connectivity index (χ0) is 21.2. The van der Waals surface area contributed by atoms with Crippen LogP contribution in [0, 0.1) is 0 Å². The van der Waals surface area contributed by atoms with Gasteiger partial charge >= 0.3 is 5.97 Å². The summed E-state index contributed by atoms with van der Waals surface area (Å²) in [6, 6.07) is 13.6. The lowest BCUT2D eigenvalue weighted by molar-refractivity contribution is -0.153. The molecule has 0 saturated heterocycles. The molecule has 2 aromatic rings. The summed E-state index contributed by atoms with van der Waals surface area (Å²) in [6.45, 7) is 3.71. The van der Waals surface area contributed by atoms with Crippen LogP contribution in [0.3, 0.4) is 0 Å². The maximum atomic E-state index is 12.1.